The summed E-state index contributed by atoms with van der Waals surface area (Å²) in [6.45, 7) is 0.680. The van der Waals surface area contributed by atoms with E-state index < -0.39 is 5.91 Å². The van der Waals surface area contributed by atoms with Gasteiger partial charge in [0.15, 0.2) is 0 Å². The van der Waals surface area contributed by atoms with Gasteiger partial charge in [0.25, 0.3) is 0 Å². The number of rotatable bonds is 4. The van der Waals surface area contributed by atoms with Crippen LogP contribution >= 0.6 is 34.2 Å². The van der Waals surface area contributed by atoms with Gasteiger partial charge in [0.1, 0.15) is 0 Å². The molecule has 0 unspecified atom stereocenters. The molecule has 4 aromatic carbocycles. The summed E-state index contributed by atoms with van der Waals surface area (Å²) in [5.74, 6) is -0.436. The number of hydrogen-bond acceptors (Lipinski definition) is 1. The lowest BCUT2D eigenvalue weighted by atomic mass is 10.0. The Labute approximate surface area is 198 Å². The number of nitrogens with two attached hydrogens (primary N) is 1. The normalized spacial score (nSPS) is 11.3. The van der Waals surface area contributed by atoms with Crippen molar-refractivity contribution in [1.82, 2.24) is 4.57 Å². The van der Waals surface area contributed by atoms with Crippen molar-refractivity contribution in [1.29, 1.82) is 0 Å². The molecule has 0 aliphatic heterocycles. The van der Waals surface area contributed by atoms with Crippen LogP contribution in [0, 0.1) is 9.64 Å². The lowest BCUT2D eigenvalue weighted by Gasteiger charge is -2.11. The number of primary amides is 1. The van der Waals surface area contributed by atoms with Gasteiger partial charge in [-0.3, -0.25) is 4.79 Å². The molecule has 1 radical (unpaired) electrons. The Morgan fingerprint density at radius 3 is 2.48 bits per heavy atom. The highest BCUT2D eigenvalue weighted by Crippen LogP contribution is 2.35. The third-order valence-corrected chi connectivity index (χ3v) is 6.83. The monoisotopic (exact) mass is 535 g/mol. The molecule has 2 N–H and O–H groups in total. The molecule has 0 aliphatic rings. The minimum atomic E-state index is -0.436. The third-order valence-electron chi connectivity index (χ3n) is 5.52. The molecule has 0 bridgehead atoms. The van der Waals surface area contributed by atoms with Crippen LogP contribution in [0.1, 0.15) is 15.9 Å². The molecule has 5 rings (SSSR count). The molecular formula is C26H17ClIN2O. The minimum absolute atomic E-state index is 0.436. The first-order chi connectivity index (χ1) is 15.0. The number of aromatic nitrogens is 1. The zero-order valence-electron chi connectivity index (χ0n) is 16.4. The lowest BCUT2D eigenvalue weighted by Crippen LogP contribution is -2.11. The molecule has 1 amide bonds. The smallest absolute Gasteiger partial charge is 0.249 e. The van der Waals surface area contributed by atoms with Crippen LogP contribution in [0.25, 0.3) is 32.9 Å². The molecule has 0 fully saturated rings. The van der Waals surface area contributed by atoms with Gasteiger partial charge in [-0.1, -0.05) is 48.0 Å². The summed E-state index contributed by atoms with van der Waals surface area (Å²) in [5.41, 5.74) is 11.5. The minimum Gasteiger partial charge on any atom is -0.366 e. The van der Waals surface area contributed by atoms with E-state index in [-0.39, 0.29) is 0 Å². The van der Waals surface area contributed by atoms with Crippen molar-refractivity contribution in [3.05, 3.63) is 105 Å². The number of halogens is 2. The van der Waals surface area contributed by atoms with Crippen LogP contribution in [0.5, 0.6) is 0 Å². The topological polar surface area (TPSA) is 48.0 Å². The predicted molar refractivity (Wildman–Crippen MR) is 136 cm³/mol. The number of carbonyl (C=O) groups is 1. The van der Waals surface area contributed by atoms with Crippen LogP contribution in [0.15, 0.2) is 78.9 Å². The van der Waals surface area contributed by atoms with Gasteiger partial charge in [0, 0.05) is 31.5 Å². The quantitative estimate of drug-likeness (QED) is 0.257. The molecule has 0 saturated heterocycles. The fraction of sp³-hybridized carbons (Fsp3) is 0.0385. The Balaban J connectivity index is 1.81. The van der Waals surface area contributed by atoms with E-state index in [1.165, 1.54) is 9.13 Å². The van der Waals surface area contributed by atoms with Gasteiger partial charge in [0.2, 0.25) is 5.91 Å². The van der Waals surface area contributed by atoms with Crippen LogP contribution in [-0.2, 0) is 6.54 Å². The maximum Gasteiger partial charge on any atom is 0.249 e. The number of nitrogens with zero attached hydrogens (tertiary/aromatic N) is 1. The summed E-state index contributed by atoms with van der Waals surface area (Å²) < 4.78 is 3.43. The van der Waals surface area contributed by atoms with E-state index in [1.807, 2.05) is 54.6 Å². The molecule has 1 heterocycles. The van der Waals surface area contributed by atoms with Crippen LogP contribution < -0.4 is 5.73 Å². The van der Waals surface area contributed by atoms with Crippen molar-refractivity contribution in [3.63, 3.8) is 0 Å². The van der Waals surface area contributed by atoms with Gasteiger partial charge in [-0.05, 0) is 87.8 Å². The highest BCUT2D eigenvalue weighted by molar-refractivity contribution is 14.1. The molecule has 0 saturated carbocycles. The van der Waals surface area contributed by atoms with Crippen LogP contribution in [0.4, 0.5) is 0 Å². The maximum atomic E-state index is 12.2. The summed E-state index contributed by atoms with van der Waals surface area (Å²) in [5, 5.41) is 2.44. The SMILES string of the molecule is NC(=O)c1cccc2c1c1[c]cc(-c3ccc(Cl)cc3)cc1n2Cc1ccccc1I. The predicted octanol–water partition coefficient (Wildman–Crippen LogP) is 6.67. The van der Waals surface area contributed by atoms with E-state index in [0.717, 1.165) is 32.9 Å². The number of fused-ring (bicyclic) bond motifs is 3. The largest absolute Gasteiger partial charge is 0.366 e. The summed E-state index contributed by atoms with van der Waals surface area (Å²) in [6, 6.07) is 29.3. The first kappa shape index (κ1) is 20.1. The Morgan fingerprint density at radius 2 is 1.74 bits per heavy atom. The van der Waals surface area contributed by atoms with Gasteiger partial charge in [0.05, 0.1) is 11.0 Å². The van der Waals surface area contributed by atoms with E-state index in [2.05, 4.69) is 51.4 Å². The van der Waals surface area contributed by atoms with Crippen molar-refractivity contribution < 1.29 is 4.79 Å². The second kappa shape index (κ2) is 8.02. The average molecular weight is 536 g/mol. The molecule has 0 spiro atoms. The Bertz CT molecular complexity index is 1450. The molecule has 3 nitrogen and oxygen atoms in total. The Kier molecular flexibility index (Phi) is 5.20. The number of carbonyl (C=O) groups excluding carboxylic acids is 1. The molecule has 5 aromatic rings. The van der Waals surface area contributed by atoms with Crippen molar-refractivity contribution in [2.45, 2.75) is 6.54 Å². The zero-order valence-corrected chi connectivity index (χ0v) is 19.3. The van der Waals surface area contributed by atoms with Crippen molar-refractivity contribution in [2.75, 3.05) is 0 Å². The van der Waals surface area contributed by atoms with Gasteiger partial charge < -0.3 is 10.3 Å². The van der Waals surface area contributed by atoms with E-state index in [9.17, 15) is 4.79 Å². The zero-order chi connectivity index (χ0) is 21.5. The third kappa shape index (κ3) is 3.60. The first-order valence-corrected chi connectivity index (χ1v) is 11.2. The summed E-state index contributed by atoms with van der Waals surface area (Å²) in [6.07, 6.45) is 0. The van der Waals surface area contributed by atoms with Gasteiger partial charge in [-0.15, -0.1) is 0 Å². The van der Waals surface area contributed by atoms with Gasteiger partial charge >= 0.3 is 0 Å². The second-order valence-electron chi connectivity index (χ2n) is 7.40. The van der Waals surface area contributed by atoms with E-state index in [1.54, 1.807) is 6.07 Å². The molecule has 0 atom stereocenters. The fourth-order valence-corrected chi connectivity index (χ4v) is 4.72. The summed E-state index contributed by atoms with van der Waals surface area (Å²) >= 11 is 8.43. The van der Waals surface area contributed by atoms with Crippen molar-refractivity contribution in [3.8, 4) is 11.1 Å². The van der Waals surface area contributed by atoms with Crippen molar-refractivity contribution >= 4 is 61.9 Å². The highest BCUT2D eigenvalue weighted by Gasteiger charge is 2.18. The number of benzene rings is 4. The molecule has 5 heteroatoms. The van der Waals surface area contributed by atoms with Crippen LogP contribution in [0.3, 0.4) is 0 Å². The van der Waals surface area contributed by atoms with Gasteiger partial charge in [-0.2, -0.15) is 0 Å². The standard InChI is InChI=1S/C26H17ClIN2O/c27-19-11-8-16(9-12-19)17-10-13-20-24(14-17)30(15-18-4-1-2-6-22(18)28)23-7-3-5-21(25(20)23)26(29)31/h1-12,14H,15H2,(H2,29,31). The molecule has 0 aliphatic carbocycles. The van der Waals surface area contributed by atoms with Crippen LogP contribution in [-0.4, -0.2) is 10.5 Å². The van der Waals surface area contributed by atoms with Crippen molar-refractivity contribution in [2.24, 2.45) is 5.73 Å². The van der Waals surface area contributed by atoms with E-state index >= 15 is 0 Å². The van der Waals surface area contributed by atoms with Crippen LogP contribution in [0.2, 0.25) is 5.02 Å². The lowest BCUT2D eigenvalue weighted by molar-refractivity contribution is 0.100. The van der Waals surface area contributed by atoms with E-state index in [4.69, 9.17) is 17.3 Å². The molecule has 151 valence electrons. The van der Waals surface area contributed by atoms with Gasteiger partial charge in [-0.25, -0.2) is 0 Å². The van der Waals surface area contributed by atoms with E-state index in [0.29, 0.717) is 17.1 Å². The number of hydrogen-bond donors (Lipinski definition) is 1. The molecule has 31 heavy (non-hydrogen) atoms. The average Bonchev–Trinajstić information content (AvgIpc) is 3.09. The fourth-order valence-electron chi connectivity index (χ4n) is 4.04. The Hall–Kier alpha value is -2.83. The Morgan fingerprint density at radius 1 is 0.968 bits per heavy atom. The number of amides is 1. The molecular weight excluding hydrogens is 519 g/mol. The highest BCUT2D eigenvalue weighted by atomic mass is 127. The summed E-state index contributed by atoms with van der Waals surface area (Å²) in [7, 11) is 0. The molecule has 1 aromatic heterocycles. The summed E-state index contributed by atoms with van der Waals surface area (Å²) in [4.78, 5) is 12.2. The first-order valence-electron chi connectivity index (χ1n) is 9.79. The second-order valence-corrected chi connectivity index (χ2v) is 9.00. The maximum absolute atomic E-state index is 12.2.